The van der Waals surface area contributed by atoms with E-state index in [0.29, 0.717) is 6.42 Å². The molecule has 3 N–H and O–H groups in total. The maximum atomic E-state index is 12.8. The molecule has 6 heteroatoms. The molecular weight excluding hydrogens is 472 g/mol. The number of carbonyl (C=O) groups excluding carboxylic acids is 1. The average Bonchev–Trinajstić information content (AvgIpc) is 3.69. The predicted octanol–water partition coefficient (Wildman–Crippen LogP) is 5.87. The molecule has 3 aromatic rings. The number of Topliss-reactive ketones (excluding diaryl/α,β-unsaturated/α-hetero) is 1. The van der Waals surface area contributed by atoms with Gasteiger partial charge in [-0.3, -0.25) is 4.79 Å². The third kappa shape index (κ3) is 2.78. The van der Waals surface area contributed by atoms with Crippen LogP contribution in [0, 0.1) is 0 Å². The Labute approximate surface area is 218 Å². The van der Waals surface area contributed by atoms with Crippen LogP contribution in [-0.2, 0) is 4.79 Å². The quantitative estimate of drug-likeness (QED) is 0.234. The lowest BCUT2D eigenvalue weighted by atomic mass is 9.70. The molecule has 0 saturated carbocycles. The number of nitrogens with zero attached hydrogens (tertiary/aromatic N) is 2. The number of hydrogen-bond donors (Lipinski definition) is 3. The topological polar surface area (TPSA) is 94.7 Å². The minimum Gasteiger partial charge on any atom is -0.392 e. The van der Waals surface area contributed by atoms with Crippen LogP contribution >= 0.6 is 0 Å². The van der Waals surface area contributed by atoms with Gasteiger partial charge in [-0.2, -0.15) is 0 Å². The highest BCUT2D eigenvalue weighted by Gasteiger charge is 2.39. The Morgan fingerprint density at radius 1 is 0.658 bits per heavy atom. The lowest BCUT2D eigenvalue weighted by Crippen LogP contribution is -2.29. The van der Waals surface area contributed by atoms with Gasteiger partial charge in [0.15, 0.2) is 0 Å². The summed E-state index contributed by atoms with van der Waals surface area (Å²) in [7, 11) is 0. The summed E-state index contributed by atoms with van der Waals surface area (Å²) in [6.07, 6.45) is 17.7. The zero-order valence-electron chi connectivity index (χ0n) is 20.5. The minimum atomic E-state index is -0.374. The normalized spacial score (nSPS) is 27.3. The second kappa shape index (κ2) is 7.17. The lowest BCUT2D eigenvalue weighted by molar-refractivity contribution is -0.120. The van der Waals surface area contributed by atoms with Crippen molar-refractivity contribution >= 4 is 52.2 Å². The number of nitrogens with one attached hydrogen (secondary N) is 2. The number of fused-ring (bicyclic) bond motifs is 10. The van der Waals surface area contributed by atoms with E-state index in [2.05, 4.69) is 58.5 Å². The van der Waals surface area contributed by atoms with Gasteiger partial charge in [0.25, 0.3) is 0 Å². The maximum Gasteiger partial charge on any atom is 0.145 e. The zero-order valence-corrected chi connectivity index (χ0v) is 20.5. The van der Waals surface area contributed by atoms with Crippen molar-refractivity contribution in [2.75, 3.05) is 0 Å². The molecule has 11 rings (SSSR count). The van der Waals surface area contributed by atoms with Gasteiger partial charge in [-0.05, 0) is 77.2 Å². The largest absolute Gasteiger partial charge is 0.392 e. The highest BCUT2D eigenvalue weighted by molar-refractivity contribution is 5.98. The molecule has 0 amide bonds. The first-order valence-corrected chi connectivity index (χ1v) is 13.3. The van der Waals surface area contributed by atoms with Crippen LogP contribution < -0.4 is 0 Å². The Morgan fingerprint density at radius 3 is 1.76 bits per heavy atom. The van der Waals surface area contributed by atoms with Gasteiger partial charge in [-0.1, -0.05) is 24.3 Å². The van der Waals surface area contributed by atoms with Crippen molar-refractivity contribution < 1.29 is 9.90 Å². The van der Waals surface area contributed by atoms with Crippen molar-refractivity contribution in [1.29, 1.82) is 0 Å². The van der Waals surface area contributed by atoms with Gasteiger partial charge in [-0.15, -0.1) is 0 Å². The van der Waals surface area contributed by atoms with E-state index in [9.17, 15) is 9.90 Å². The minimum absolute atomic E-state index is 0.0195. The second-order valence-electron chi connectivity index (χ2n) is 11.2. The summed E-state index contributed by atoms with van der Waals surface area (Å²) in [6.45, 7) is 0. The van der Waals surface area contributed by atoms with E-state index in [1.807, 2.05) is 24.3 Å². The molecule has 5 unspecified atom stereocenters. The number of aromatic amines is 2. The molecule has 6 nitrogen and oxygen atoms in total. The molecule has 0 radical (unpaired) electrons. The Kier molecular flexibility index (Phi) is 3.91. The molecule has 5 atom stereocenters. The number of ketones is 1. The molecule has 0 spiro atoms. The standard InChI is InChI=1S/C32H24N4O2/c37-27-9-15-1-7-21(27)31-25-13-19-6-4-18(34-19)12-24-30-16-2-8-22(28(38)10-16)32(30)26(36-24)14-20-5-3-17(33-20)11-23(35-25)29(15)31/h1-8,11-16,21-22,27,35-37H,9-10H2. The van der Waals surface area contributed by atoms with Crippen LogP contribution in [0.1, 0.15) is 81.5 Å². The van der Waals surface area contributed by atoms with Crippen LogP contribution in [0.4, 0.5) is 0 Å². The number of rotatable bonds is 0. The van der Waals surface area contributed by atoms with Crippen molar-refractivity contribution in [1.82, 2.24) is 19.9 Å². The fourth-order valence-corrected chi connectivity index (χ4v) is 7.38. The van der Waals surface area contributed by atoms with Gasteiger partial charge in [-0.25, -0.2) is 9.97 Å². The van der Waals surface area contributed by atoms with Crippen molar-refractivity contribution in [3.05, 3.63) is 93.6 Å². The van der Waals surface area contributed by atoms with E-state index in [1.165, 1.54) is 16.7 Å². The Morgan fingerprint density at radius 2 is 1.18 bits per heavy atom. The first-order valence-electron chi connectivity index (χ1n) is 13.3. The summed E-state index contributed by atoms with van der Waals surface area (Å²) in [4.78, 5) is 29.9. The average molecular weight is 497 g/mol. The van der Waals surface area contributed by atoms with Crippen LogP contribution in [0.2, 0.25) is 0 Å². The monoisotopic (exact) mass is 496 g/mol. The smallest absolute Gasteiger partial charge is 0.145 e. The molecule has 0 aromatic carbocycles. The Bertz CT molecular complexity index is 1900. The number of aliphatic hydroxyl groups is 1. The van der Waals surface area contributed by atoms with Gasteiger partial charge in [0, 0.05) is 46.2 Å². The molecular formula is C32H24N4O2. The lowest BCUT2D eigenvalue weighted by Gasteiger charge is -2.35. The summed E-state index contributed by atoms with van der Waals surface area (Å²) in [5.41, 5.74) is 12.2. The summed E-state index contributed by atoms with van der Waals surface area (Å²) < 4.78 is 0. The second-order valence-corrected chi connectivity index (χ2v) is 11.2. The fourth-order valence-electron chi connectivity index (χ4n) is 7.38. The van der Waals surface area contributed by atoms with Gasteiger partial charge >= 0.3 is 0 Å². The highest BCUT2D eigenvalue weighted by Crippen LogP contribution is 2.49. The fraction of sp³-hybridized carbons (Fsp3) is 0.219. The van der Waals surface area contributed by atoms with E-state index >= 15 is 0 Å². The first kappa shape index (κ1) is 20.7. The van der Waals surface area contributed by atoms with Crippen molar-refractivity contribution in [3.8, 4) is 0 Å². The molecule has 0 saturated heterocycles. The van der Waals surface area contributed by atoms with Crippen LogP contribution in [-0.4, -0.2) is 36.9 Å². The number of carbonyl (C=O) groups is 1. The van der Waals surface area contributed by atoms with E-state index in [1.54, 1.807) is 0 Å². The predicted molar refractivity (Wildman–Crippen MR) is 148 cm³/mol. The maximum absolute atomic E-state index is 12.8. The van der Waals surface area contributed by atoms with E-state index in [4.69, 9.17) is 9.97 Å². The highest BCUT2D eigenvalue weighted by atomic mass is 16.3. The van der Waals surface area contributed by atoms with Gasteiger partial charge in [0.2, 0.25) is 0 Å². The number of H-pyrrole nitrogens is 2. The summed E-state index contributed by atoms with van der Waals surface area (Å²) in [5.74, 6) is 0.323. The number of allylic oxidation sites excluding steroid dienone is 3. The zero-order chi connectivity index (χ0) is 25.1. The number of hydrogen-bond acceptors (Lipinski definition) is 4. The third-order valence-electron chi connectivity index (χ3n) is 8.97. The van der Waals surface area contributed by atoms with Crippen LogP contribution in [0.3, 0.4) is 0 Å². The molecule has 0 fully saturated rings. The van der Waals surface area contributed by atoms with Crippen LogP contribution in [0.25, 0.3) is 46.4 Å². The van der Waals surface area contributed by atoms with Crippen molar-refractivity contribution in [2.24, 2.45) is 0 Å². The molecule has 5 heterocycles. The molecule has 2 aliphatic heterocycles. The van der Waals surface area contributed by atoms with E-state index in [-0.39, 0.29) is 35.6 Å². The molecule has 6 aliphatic carbocycles. The molecule has 3 aromatic heterocycles. The molecule has 12 bridgehead atoms. The number of aromatic nitrogens is 4. The van der Waals surface area contributed by atoms with Crippen molar-refractivity contribution in [2.45, 2.75) is 42.6 Å². The van der Waals surface area contributed by atoms with E-state index in [0.717, 1.165) is 56.8 Å². The Balaban J connectivity index is 1.38. The summed E-state index contributed by atoms with van der Waals surface area (Å²) in [6, 6.07) is 8.37. The molecule has 8 aliphatic rings. The summed E-state index contributed by atoms with van der Waals surface area (Å²) >= 11 is 0. The summed E-state index contributed by atoms with van der Waals surface area (Å²) in [5, 5.41) is 10.8. The van der Waals surface area contributed by atoms with Gasteiger partial charge in [0.1, 0.15) is 5.78 Å². The van der Waals surface area contributed by atoms with Crippen LogP contribution in [0.5, 0.6) is 0 Å². The molecule has 38 heavy (non-hydrogen) atoms. The van der Waals surface area contributed by atoms with E-state index < -0.39 is 0 Å². The molecule has 184 valence electrons. The third-order valence-corrected chi connectivity index (χ3v) is 8.97. The van der Waals surface area contributed by atoms with Gasteiger partial charge in [0.05, 0.1) is 34.8 Å². The Hall–Kier alpha value is -4.29. The van der Waals surface area contributed by atoms with Crippen LogP contribution in [0.15, 0.2) is 48.6 Å². The first-order chi connectivity index (χ1) is 18.6. The SMILES string of the molecule is O=C1CC2C=CC1c1c2c2cc3nc(cc4[nH]c(cc5nc(cc1[nH]2)C=C5)c1c4C2C=CC1CC2O)C=C3. The van der Waals surface area contributed by atoms with Crippen molar-refractivity contribution in [3.63, 3.8) is 0 Å². The van der Waals surface area contributed by atoms with Gasteiger partial charge < -0.3 is 15.1 Å². The number of aliphatic hydroxyl groups excluding tert-OH is 1.